The molecule has 3 unspecified atom stereocenters. The Kier molecular flexibility index (Phi) is 56.2. The first-order valence-electron chi connectivity index (χ1n) is 31.9. The molecule has 0 aliphatic rings. The van der Waals surface area contributed by atoms with Crippen LogP contribution in [0.25, 0.3) is 0 Å². The Labute approximate surface area is 482 Å². The first-order valence-corrected chi connectivity index (χ1v) is 33.4. The molecule has 0 aliphatic heterocycles. The number of hydrogen-bond donors (Lipinski definition) is 2. The van der Waals surface area contributed by atoms with Gasteiger partial charge in [0.15, 0.2) is 0 Å². The van der Waals surface area contributed by atoms with Gasteiger partial charge in [-0.2, -0.15) is 0 Å². The summed E-state index contributed by atoms with van der Waals surface area (Å²) in [4.78, 5) is 25.6. The minimum Gasteiger partial charge on any atom is -0.756 e. The molecule has 0 bridgehead atoms. The Balaban J connectivity index is 4.15. The summed E-state index contributed by atoms with van der Waals surface area (Å²) in [5.41, 5.74) is 0. The molecule has 448 valence electrons. The molecular weight excluding hydrogens is 984 g/mol. The van der Waals surface area contributed by atoms with Gasteiger partial charge < -0.3 is 28.8 Å². The highest BCUT2D eigenvalue weighted by Gasteiger charge is 2.23. The molecule has 9 heteroatoms. The largest absolute Gasteiger partial charge is 0.756 e. The van der Waals surface area contributed by atoms with Crippen molar-refractivity contribution >= 4 is 13.7 Å². The molecule has 0 aromatic rings. The smallest absolute Gasteiger partial charge is 0.268 e. The molecule has 3 atom stereocenters. The third-order valence-electron chi connectivity index (χ3n) is 13.7. The molecule has 0 rings (SSSR count). The predicted octanol–water partition coefficient (Wildman–Crippen LogP) is 19.5. The predicted molar refractivity (Wildman–Crippen MR) is 339 cm³/mol. The topological polar surface area (TPSA) is 108 Å². The lowest BCUT2D eigenvalue weighted by Crippen LogP contribution is -2.45. The minimum atomic E-state index is -4.61. The maximum Gasteiger partial charge on any atom is 0.268 e. The highest BCUT2D eigenvalue weighted by molar-refractivity contribution is 7.45. The number of phosphoric ester groups is 1. The number of likely N-dealkylation sites (N-methyl/N-ethyl adjacent to an activating group) is 1. The van der Waals surface area contributed by atoms with Crippen LogP contribution in [0, 0.1) is 0 Å². The van der Waals surface area contributed by atoms with Crippen molar-refractivity contribution < 1.29 is 32.9 Å². The fourth-order valence-electron chi connectivity index (χ4n) is 8.71. The first kappa shape index (κ1) is 74.9. The SMILES string of the molecule is CC/C=C\C/C=C\C/C=C\C/C=C\C/C=C\C/C=C\C/C=C\C/C=C\CCCCCCCCCCCCCCC(=O)NC(COP(=O)([O-])OCC[N+](C)(C)C)C(O)/C=C/CC/C=C/CCCCCCCCCCCCCCC. The zero-order valence-corrected chi connectivity index (χ0v) is 52.0. The molecule has 0 saturated carbocycles. The summed E-state index contributed by atoms with van der Waals surface area (Å²) in [5, 5.41) is 13.9. The summed E-state index contributed by atoms with van der Waals surface area (Å²) in [6.07, 6.45) is 87.2. The molecule has 0 aliphatic carbocycles. The van der Waals surface area contributed by atoms with E-state index in [-0.39, 0.29) is 12.5 Å². The van der Waals surface area contributed by atoms with Crippen molar-refractivity contribution in [3.8, 4) is 0 Å². The summed E-state index contributed by atoms with van der Waals surface area (Å²) in [6, 6.07) is -0.912. The molecular formula is C69H121N2O6P. The molecule has 0 heterocycles. The number of phosphoric acid groups is 1. The van der Waals surface area contributed by atoms with Crippen LogP contribution < -0.4 is 10.2 Å². The van der Waals surface area contributed by atoms with Gasteiger partial charge in [-0.05, 0) is 96.3 Å². The second-order valence-corrected chi connectivity index (χ2v) is 23.8. The fraction of sp³-hybridized carbons (Fsp3) is 0.696. The van der Waals surface area contributed by atoms with Crippen molar-refractivity contribution in [1.29, 1.82) is 0 Å². The van der Waals surface area contributed by atoms with E-state index in [1.807, 2.05) is 27.2 Å². The Morgan fingerprint density at radius 3 is 1.19 bits per heavy atom. The van der Waals surface area contributed by atoms with Crippen LogP contribution >= 0.6 is 7.82 Å². The number of nitrogens with zero attached hydrogens (tertiary/aromatic N) is 1. The molecule has 78 heavy (non-hydrogen) atoms. The number of aliphatic hydroxyl groups excluding tert-OH is 1. The third-order valence-corrected chi connectivity index (χ3v) is 14.6. The zero-order valence-electron chi connectivity index (χ0n) is 51.1. The molecule has 0 spiro atoms. The Morgan fingerprint density at radius 1 is 0.462 bits per heavy atom. The second-order valence-electron chi connectivity index (χ2n) is 22.4. The van der Waals surface area contributed by atoms with Gasteiger partial charge in [-0.25, -0.2) is 0 Å². The number of carbonyl (C=O) groups excluding carboxylic acids is 1. The van der Waals surface area contributed by atoms with Crippen LogP contribution in [-0.2, 0) is 18.4 Å². The van der Waals surface area contributed by atoms with E-state index < -0.39 is 26.6 Å². The van der Waals surface area contributed by atoms with E-state index >= 15 is 0 Å². The molecule has 0 aromatic carbocycles. The zero-order chi connectivity index (χ0) is 57.0. The molecule has 2 N–H and O–H groups in total. The normalized spacial score (nSPS) is 14.6. The van der Waals surface area contributed by atoms with Crippen molar-refractivity contribution in [2.45, 2.75) is 270 Å². The molecule has 1 amide bonds. The Hall–Kier alpha value is -3.10. The van der Waals surface area contributed by atoms with Crippen LogP contribution in [0.2, 0.25) is 0 Å². The van der Waals surface area contributed by atoms with Crippen molar-refractivity contribution in [2.75, 3.05) is 40.9 Å². The van der Waals surface area contributed by atoms with Gasteiger partial charge in [-0.15, -0.1) is 0 Å². The quantitative estimate of drug-likeness (QED) is 0.0272. The number of amides is 1. The minimum absolute atomic E-state index is 0.0115. The number of hydrogen-bond acceptors (Lipinski definition) is 6. The summed E-state index contributed by atoms with van der Waals surface area (Å²) >= 11 is 0. The van der Waals surface area contributed by atoms with Crippen molar-refractivity contribution in [2.24, 2.45) is 0 Å². The second kappa shape index (κ2) is 58.6. The van der Waals surface area contributed by atoms with E-state index in [1.165, 1.54) is 148 Å². The van der Waals surface area contributed by atoms with Crippen LogP contribution in [-0.4, -0.2) is 68.5 Å². The Bertz CT molecular complexity index is 1680. The summed E-state index contributed by atoms with van der Waals surface area (Å²) in [7, 11) is 1.23. The first-order chi connectivity index (χ1) is 38.0. The monoisotopic (exact) mass is 1100 g/mol. The van der Waals surface area contributed by atoms with Gasteiger partial charge in [-0.1, -0.05) is 277 Å². The van der Waals surface area contributed by atoms with Crippen molar-refractivity contribution in [3.63, 3.8) is 0 Å². The fourth-order valence-corrected chi connectivity index (χ4v) is 9.44. The van der Waals surface area contributed by atoms with Gasteiger partial charge in [0.1, 0.15) is 13.2 Å². The number of allylic oxidation sites excluding steroid dienone is 19. The number of quaternary nitrogens is 1. The van der Waals surface area contributed by atoms with E-state index in [2.05, 4.69) is 129 Å². The van der Waals surface area contributed by atoms with Crippen LogP contribution in [0.1, 0.15) is 258 Å². The lowest BCUT2D eigenvalue weighted by Gasteiger charge is -2.29. The summed E-state index contributed by atoms with van der Waals surface area (Å²) in [5.74, 6) is -0.213. The highest BCUT2D eigenvalue weighted by Crippen LogP contribution is 2.38. The molecule has 0 aromatic heterocycles. The van der Waals surface area contributed by atoms with Gasteiger partial charge >= 0.3 is 0 Å². The summed E-state index contributed by atoms with van der Waals surface area (Å²) in [6.45, 7) is 4.52. The lowest BCUT2D eigenvalue weighted by atomic mass is 10.0. The van der Waals surface area contributed by atoms with Crippen molar-refractivity contribution in [1.82, 2.24) is 5.32 Å². The highest BCUT2D eigenvalue weighted by atomic mass is 31.2. The van der Waals surface area contributed by atoms with Gasteiger partial charge in [0.05, 0.1) is 39.9 Å². The van der Waals surface area contributed by atoms with E-state index in [1.54, 1.807) is 6.08 Å². The standard InChI is InChI=1S/C69H121N2O6P/c1-6-8-10-12-14-16-18-20-22-24-26-27-28-29-30-31-32-33-34-35-36-37-38-39-40-41-42-43-45-47-49-51-53-55-57-59-61-63-69(73)70-67(66-77-78(74,75)76-65-64-71(3,4)5)68(72)62-60-58-56-54-52-50-48-46-44-25-23-21-19-17-15-13-11-9-7-2/h8,10,14,16,20,22,26-27,29-30,32-33,35-36,38-39,52,54,60,62,67-68,72H,6-7,9,11-13,15,17-19,21,23-25,28,31,34,37,40-51,53,55-59,61,63-66H2,1-5H3,(H-,70,73,74,75)/b10-8-,16-14-,22-20-,27-26-,30-29-,33-32-,36-35-,39-38-,54-52+,62-60+. The van der Waals surface area contributed by atoms with E-state index in [0.717, 1.165) is 89.9 Å². The van der Waals surface area contributed by atoms with E-state index in [9.17, 15) is 19.4 Å². The van der Waals surface area contributed by atoms with Crippen molar-refractivity contribution in [3.05, 3.63) is 122 Å². The van der Waals surface area contributed by atoms with Gasteiger partial charge in [-0.3, -0.25) is 9.36 Å². The van der Waals surface area contributed by atoms with Crippen LogP contribution in [0.15, 0.2) is 122 Å². The van der Waals surface area contributed by atoms with Crippen LogP contribution in [0.4, 0.5) is 0 Å². The van der Waals surface area contributed by atoms with Gasteiger partial charge in [0.25, 0.3) is 7.82 Å². The Morgan fingerprint density at radius 2 is 0.795 bits per heavy atom. The molecule has 0 radical (unpaired) electrons. The lowest BCUT2D eigenvalue weighted by molar-refractivity contribution is -0.870. The molecule has 0 saturated heterocycles. The molecule has 8 nitrogen and oxygen atoms in total. The summed E-state index contributed by atoms with van der Waals surface area (Å²) < 4.78 is 23.4. The average Bonchev–Trinajstić information content (AvgIpc) is 3.41. The maximum atomic E-state index is 13.0. The number of rotatable bonds is 57. The number of aliphatic hydroxyl groups is 1. The van der Waals surface area contributed by atoms with Gasteiger partial charge in [0, 0.05) is 6.42 Å². The number of carbonyl (C=O) groups is 1. The average molecular weight is 1110 g/mol. The maximum absolute atomic E-state index is 13.0. The van der Waals surface area contributed by atoms with Crippen LogP contribution in [0.5, 0.6) is 0 Å². The number of nitrogens with one attached hydrogen (secondary N) is 1. The van der Waals surface area contributed by atoms with E-state index in [4.69, 9.17) is 9.05 Å². The van der Waals surface area contributed by atoms with E-state index in [0.29, 0.717) is 17.4 Å². The number of unbranched alkanes of at least 4 members (excludes halogenated alkanes) is 26. The molecule has 0 fully saturated rings. The third kappa shape index (κ3) is 60.5. The van der Waals surface area contributed by atoms with Crippen LogP contribution in [0.3, 0.4) is 0 Å². The van der Waals surface area contributed by atoms with Gasteiger partial charge in [0.2, 0.25) is 5.91 Å².